The number of ether oxygens (including phenoxy) is 1. The van der Waals surface area contributed by atoms with Crippen molar-refractivity contribution in [3.05, 3.63) is 120 Å². The number of benzene rings is 4. The van der Waals surface area contributed by atoms with Crippen LogP contribution in [0.25, 0.3) is 33.2 Å². The lowest BCUT2D eigenvalue weighted by molar-refractivity contribution is -0.0242. The van der Waals surface area contributed by atoms with E-state index in [-0.39, 0.29) is 30.6 Å². The summed E-state index contributed by atoms with van der Waals surface area (Å²) in [6, 6.07) is 35.3. The first-order chi connectivity index (χ1) is 21.9. The first-order valence-electron chi connectivity index (χ1n) is 15.9. The van der Waals surface area contributed by atoms with Crippen LogP contribution >= 0.6 is 0 Å². The Hall–Kier alpha value is -4.23. The van der Waals surface area contributed by atoms with Gasteiger partial charge in [-0.15, -0.1) is 0 Å². The summed E-state index contributed by atoms with van der Waals surface area (Å²) in [5.41, 5.74) is 8.29. The molecule has 0 saturated carbocycles. The van der Waals surface area contributed by atoms with Gasteiger partial charge in [0.2, 0.25) is 0 Å². The molecule has 4 aromatic carbocycles. The number of likely N-dealkylation sites (N-methyl/N-ethyl adjacent to an activating group) is 1. The fourth-order valence-electron chi connectivity index (χ4n) is 6.64. The predicted octanol–water partition coefficient (Wildman–Crippen LogP) is 7.00. The lowest BCUT2D eigenvalue weighted by Crippen LogP contribution is -2.47. The van der Waals surface area contributed by atoms with Crippen LogP contribution in [-0.2, 0) is 24.9 Å². The second-order valence-corrected chi connectivity index (χ2v) is 12.5. The van der Waals surface area contributed by atoms with E-state index in [0.29, 0.717) is 25.4 Å². The SMILES string of the molecule is C[C@H](CO)N1C[C@H](C)[C@@H](CN(C)Cc2ccc(-c3ccccc3)cc2)OCc2ccccc2-c2c(n(C)c3ccccc23)C1=O. The van der Waals surface area contributed by atoms with Gasteiger partial charge in [-0.1, -0.05) is 104 Å². The van der Waals surface area contributed by atoms with Gasteiger partial charge in [-0.2, -0.15) is 0 Å². The molecule has 2 heterocycles. The maximum atomic E-state index is 14.6. The second kappa shape index (κ2) is 13.4. The standard InChI is InChI=1S/C39H43N3O3/c1-27-22-42(28(2)25-43)39(44)38-37(34-16-10-11-17-35(34)41(38)4)33-15-9-8-14-32(33)26-45-36(27)24-40(3)23-29-18-20-31(21-19-29)30-12-6-5-7-13-30/h5-21,27-28,36,43H,22-26H2,1-4H3/t27-,28+,36+/m0/s1. The molecule has 6 rings (SSSR count). The Kier molecular flexibility index (Phi) is 9.17. The summed E-state index contributed by atoms with van der Waals surface area (Å²) in [6.07, 6.45) is -0.134. The molecule has 0 bridgehead atoms. The van der Waals surface area contributed by atoms with Crippen LogP contribution in [0.3, 0.4) is 0 Å². The van der Waals surface area contributed by atoms with Crippen LogP contribution in [0.2, 0.25) is 0 Å². The van der Waals surface area contributed by atoms with Gasteiger partial charge in [0, 0.05) is 49.1 Å². The maximum Gasteiger partial charge on any atom is 0.271 e. The molecule has 0 unspecified atom stereocenters. The molecular formula is C39H43N3O3. The topological polar surface area (TPSA) is 57.9 Å². The highest BCUT2D eigenvalue weighted by molar-refractivity contribution is 6.10. The third kappa shape index (κ3) is 6.32. The van der Waals surface area contributed by atoms with Crippen LogP contribution in [0.5, 0.6) is 0 Å². The molecule has 232 valence electrons. The van der Waals surface area contributed by atoms with Gasteiger partial charge >= 0.3 is 0 Å². The van der Waals surface area contributed by atoms with E-state index in [4.69, 9.17) is 4.74 Å². The average Bonchev–Trinajstić information content (AvgIpc) is 3.36. The smallest absolute Gasteiger partial charge is 0.271 e. The lowest BCUT2D eigenvalue weighted by Gasteiger charge is -2.35. The predicted molar refractivity (Wildman–Crippen MR) is 182 cm³/mol. The normalized spacial score (nSPS) is 18.0. The monoisotopic (exact) mass is 601 g/mol. The fraction of sp³-hybridized carbons (Fsp3) is 0.308. The van der Waals surface area contributed by atoms with Gasteiger partial charge in [0.15, 0.2) is 0 Å². The third-order valence-electron chi connectivity index (χ3n) is 9.23. The Morgan fingerprint density at radius 1 is 0.911 bits per heavy atom. The first-order valence-corrected chi connectivity index (χ1v) is 15.9. The molecule has 1 aliphatic rings. The molecule has 1 aromatic heterocycles. The third-order valence-corrected chi connectivity index (χ3v) is 9.23. The number of aryl methyl sites for hydroxylation is 1. The number of nitrogens with zero attached hydrogens (tertiary/aromatic N) is 3. The number of carbonyl (C=O) groups excluding carboxylic acids is 1. The molecule has 1 N–H and O–H groups in total. The number of aromatic nitrogens is 1. The summed E-state index contributed by atoms with van der Waals surface area (Å²) in [5.74, 6) is -0.0475. The number of rotatable bonds is 7. The van der Waals surface area contributed by atoms with Crippen molar-refractivity contribution in [3.8, 4) is 22.3 Å². The van der Waals surface area contributed by atoms with Crippen LogP contribution < -0.4 is 0 Å². The Morgan fingerprint density at radius 2 is 1.58 bits per heavy atom. The second-order valence-electron chi connectivity index (χ2n) is 12.5. The lowest BCUT2D eigenvalue weighted by atomic mass is 9.96. The zero-order valence-corrected chi connectivity index (χ0v) is 26.7. The van der Waals surface area contributed by atoms with Crippen molar-refractivity contribution in [2.75, 3.05) is 26.7 Å². The summed E-state index contributed by atoms with van der Waals surface area (Å²) in [5, 5.41) is 11.3. The van der Waals surface area contributed by atoms with Crippen molar-refractivity contribution in [2.45, 2.75) is 39.1 Å². The van der Waals surface area contributed by atoms with Crippen molar-refractivity contribution in [2.24, 2.45) is 13.0 Å². The van der Waals surface area contributed by atoms with Crippen LogP contribution in [0.4, 0.5) is 0 Å². The highest BCUT2D eigenvalue weighted by Crippen LogP contribution is 2.38. The van der Waals surface area contributed by atoms with Gasteiger partial charge in [0.25, 0.3) is 5.91 Å². The molecule has 0 fully saturated rings. The molecule has 0 spiro atoms. The van der Waals surface area contributed by atoms with E-state index in [1.807, 2.05) is 53.8 Å². The molecule has 5 aromatic rings. The maximum absolute atomic E-state index is 14.6. The van der Waals surface area contributed by atoms with E-state index >= 15 is 0 Å². The van der Waals surface area contributed by atoms with Gasteiger partial charge in [0.05, 0.1) is 25.4 Å². The van der Waals surface area contributed by atoms with E-state index in [2.05, 4.69) is 91.7 Å². The van der Waals surface area contributed by atoms with Crippen LogP contribution in [0.1, 0.15) is 35.5 Å². The number of hydrogen-bond donors (Lipinski definition) is 1. The zero-order chi connectivity index (χ0) is 31.5. The number of amides is 1. The van der Waals surface area contributed by atoms with E-state index in [1.165, 1.54) is 16.7 Å². The summed E-state index contributed by atoms with van der Waals surface area (Å²) >= 11 is 0. The molecule has 6 heteroatoms. The molecule has 0 radical (unpaired) electrons. The van der Waals surface area contributed by atoms with Crippen LogP contribution in [0.15, 0.2) is 103 Å². The van der Waals surface area contributed by atoms with Crippen molar-refractivity contribution >= 4 is 16.8 Å². The number of hydrogen-bond acceptors (Lipinski definition) is 4. The van der Waals surface area contributed by atoms with E-state index in [1.54, 1.807) is 0 Å². The quantitative estimate of drug-likeness (QED) is 0.218. The van der Waals surface area contributed by atoms with Crippen molar-refractivity contribution in [1.82, 2.24) is 14.4 Å². The summed E-state index contributed by atoms with van der Waals surface area (Å²) in [4.78, 5) is 18.7. The minimum absolute atomic E-state index is 0.0225. The average molecular weight is 602 g/mol. The number of fused-ring (bicyclic) bond motifs is 5. The minimum atomic E-state index is -0.344. The van der Waals surface area contributed by atoms with Crippen LogP contribution in [0, 0.1) is 5.92 Å². The Balaban J connectivity index is 1.31. The fourth-order valence-corrected chi connectivity index (χ4v) is 6.64. The summed E-state index contributed by atoms with van der Waals surface area (Å²) in [7, 11) is 4.09. The number of para-hydroxylation sites is 1. The molecule has 0 aliphatic carbocycles. The van der Waals surface area contributed by atoms with Crippen LogP contribution in [-0.4, -0.2) is 64.3 Å². The molecule has 1 aliphatic heterocycles. The highest BCUT2D eigenvalue weighted by atomic mass is 16.5. The van der Waals surface area contributed by atoms with Gasteiger partial charge in [-0.3, -0.25) is 9.69 Å². The number of aliphatic hydroxyl groups excluding tert-OH is 1. The Morgan fingerprint density at radius 3 is 2.33 bits per heavy atom. The molecular weight excluding hydrogens is 558 g/mol. The Labute approximate surface area is 266 Å². The van der Waals surface area contributed by atoms with Gasteiger partial charge in [-0.05, 0) is 47.9 Å². The van der Waals surface area contributed by atoms with Gasteiger partial charge in [0.1, 0.15) is 5.69 Å². The van der Waals surface area contributed by atoms with E-state index in [9.17, 15) is 9.90 Å². The van der Waals surface area contributed by atoms with Gasteiger partial charge < -0.3 is 19.3 Å². The Bertz CT molecular complexity index is 1760. The van der Waals surface area contributed by atoms with Gasteiger partial charge in [-0.25, -0.2) is 0 Å². The van der Waals surface area contributed by atoms with E-state index in [0.717, 1.165) is 34.1 Å². The minimum Gasteiger partial charge on any atom is -0.394 e. The first kappa shape index (κ1) is 30.8. The molecule has 3 atom stereocenters. The molecule has 0 saturated heterocycles. The molecule has 1 amide bonds. The molecule has 45 heavy (non-hydrogen) atoms. The summed E-state index contributed by atoms with van der Waals surface area (Å²) < 4.78 is 8.79. The highest BCUT2D eigenvalue weighted by Gasteiger charge is 2.33. The number of carbonyl (C=O) groups is 1. The van der Waals surface area contributed by atoms with Crippen molar-refractivity contribution < 1.29 is 14.6 Å². The largest absolute Gasteiger partial charge is 0.394 e. The number of aliphatic hydroxyl groups is 1. The van der Waals surface area contributed by atoms with Crippen molar-refractivity contribution in [3.63, 3.8) is 0 Å². The van der Waals surface area contributed by atoms with E-state index < -0.39 is 0 Å². The molecule has 6 nitrogen and oxygen atoms in total. The summed E-state index contributed by atoms with van der Waals surface area (Å²) in [6.45, 7) is 6.37. The zero-order valence-electron chi connectivity index (χ0n) is 26.7. The van der Waals surface area contributed by atoms with Crippen molar-refractivity contribution in [1.29, 1.82) is 0 Å².